The first-order chi connectivity index (χ1) is 12.7. The zero-order valence-corrected chi connectivity index (χ0v) is 15.1. The number of imidazole rings is 1. The van der Waals surface area contributed by atoms with E-state index < -0.39 is 0 Å². The van der Waals surface area contributed by atoms with Gasteiger partial charge in [-0.2, -0.15) is 0 Å². The van der Waals surface area contributed by atoms with Gasteiger partial charge in [0.15, 0.2) is 0 Å². The number of thiophene rings is 1. The first-order valence-electron chi connectivity index (χ1n) is 8.59. The highest BCUT2D eigenvalue weighted by atomic mass is 32.1. The molecule has 0 unspecified atom stereocenters. The van der Waals surface area contributed by atoms with Crippen molar-refractivity contribution in [2.75, 3.05) is 26.2 Å². The van der Waals surface area contributed by atoms with Gasteiger partial charge >= 0.3 is 6.03 Å². The van der Waals surface area contributed by atoms with Crippen molar-refractivity contribution in [2.24, 2.45) is 0 Å². The standard InChI is InChI=1S/C18H20FN5OS/c19-14-1-2-16-13(9-14)10-15(26-16)11-22-18(25)24-7-5-23(6-8-24)12-17-20-3-4-21-17/h1-4,9-10H,5-8,11-12H2,(H,20,21)(H,22,25). The van der Waals surface area contributed by atoms with Gasteiger partial charge in [-0.3, -0.25) is 4.90 Å². The van der Waals surface area contributed by atoms with E-state index in [0.717, 1.165) is 40.4 Å². The van der Waals surface area contributed by atoms with Gasteiger partial charge in [0.05, 0.1) is 13.1 Å². The second-order valence-corrected chi connectivity index (χ2v) is 7.52. The highest BCUT2D eigenvalue weighted by Crippen LogP contribution is 2.26. The lowest BCUT2D eigenvalue weighted by Crippen LogP contribution is -2.51. The van der Waals surface area contributed by atoms with Crippen LogP contribution in [0, 0.1) is 5.82 Å². The number of nitrogens with zero attached hydrogens (tertiary/aromatic N) is 3. The second-order valence-electron chi connectivity index (χ2n) is 6.35. The number of carbonyl (C=O) groups excluding carboxylic acids is 1. The van der Waals surface area contributed by atoms with Crippen LogP contribution in [0.25, 0.3) is 10.1 Å². The van der Waals surface area contributed by atoms with Crippen LogP contribution in [0.2, 0.25) is 0 Å². The van der Waals surface area contributed by atoms with Crippen LogP contribution in [0.1, 0.15) is 10.7 Å². The van der Waals surface area contributed by atoms with Crippen molar-refractivity contribution >= 4 is 27.5 Å². The summed E-state index contributed by atoms with van der Waals surface area (Å²) in [5.74, 6) is 0.711. The van der Waals surface area contributed by atoms with E-state index in [1.54, 1.807) is 23.6 Å². The van der Waals surface area contributed by atoms with Crippen LogP contribution in [0.4, 0.5) is 9.18 Å². The van der Waals surface area contributed by atoms with E-state index in [0.29, 0.717) is 19.6 Å². The van der Waals surface area contributed by atoms with Crippen LogP contribution in [0.5, 0.6) is 0 Å². The zero-order chi connectivity index (χ0) is 17.9. The number of urea groups is 1. The number of fused-ring (bicyclic) bond motifs is 1. The normalized spacial score (nSPS) is 15.5. The molecule has 26 heavy (non-hydrogen) atoms. The molecule has 0 bridgehead atoms. The van der Waals surface area contributed by atoms with Crippen molar-refractivity contribution in [2.45, 2.75) is 13.1 Å². The van der Waals surface area contributed by atoms with Crippen molar-refractivity contribution in [3.05, 3.63) is 53.2 Å². The molecule has 3 aromatic rings. The Bertz CT molecular complexity index is 886. The Labute approximate surface area is 154 Å². The number of nitrogens with one attached hydrogen (secondary N) is 2. The highest BCUT2D eigenvalue weighted by Gasteiger charge is 2.21. The summed E-state index contributed by atoms with van der Waals surface area (Å²) in [7, 11) is 0. The molecule has 136 valence electrons. The Morgan fingerprint density at radius 3 is 2.88 bits per heavy atom. The minimum absolute atomic E-state index is 0.0497. The molecule has 1 aromatic carbocycles. The molecular weight excluding hydrogens is 353 g/mol. The SMILES string of the molecule is O=C(NCc1cc2cc(F)ccc2s1)N1CCN(Cc2ncc[nH]2)CC1. The summed E-state index contributed by atoms with van der Waals surface area (Å²) in [6, 6.07) is 6.65. The fourth-order valence-electron chi connectivity index (χ4n) is 3.14. The maximum Gasteiger partial charge on any atom is 0.317 e. The van der Waals surface area contributed by atoms with Gasteiger partial charge in [-0.25, -0.2) is 14.2 Å². The van der Waals surface area contributed by atoms with E-state index in [1.807, 2.05) is 17.2 Å². The van der Waals surface area contributed by atoms with Crippen LogP contribution < -0.4 is 5.32 Å². The van der Waals surface area contributed by atoms with Gasteiger partial charge < -0.3 is 15.2 Å². The molecule has 1 fully saturated rings. The van der Waals surface area contributed by atoms with Gasteiger partial charge in [0, 0.05) is 48.1 Å². The van der Waals surface area contributed by atoms with Crippen molar-refractivity contribution in [3.8, 4) is 0 Å². The van der Waals surface area contributed by atoms with E-state index in [1.165, 1.54) is 12.1 Å². The molecule has 1 aliphatic heterocycles. The van der Waals surface area contributed by atoms with Gasteiger partial charge in [0.2, 0.25) is 0 Å². The summed E-state index contributed by atoms with van der Waals surface area (Å²) < 4.78 is 14.3. The molecule has 8 heteroatoms. The van der Waals surface area contributed by atoms with Crippen LogP contribution in [0.15, 0.2) is 36.7 Å². The Morgan fingerprint density at radius 1 is 1.27 bits per heavy atom. The predicted octanol–water partition coefficient (Wildman–Crippen LogP) is 2.79. The lowest BCUT2D eigenvalue weighted by Gasteiger charge is -2.34. The van der Waals surface area contributed by atoms with Gasteiger partial charge in [-0.1, -0.05) is 0 Å². The number of piperazine rings is 1. The van der Waals surface area contributed by atoms with Crippen LogP contribution in [0.3, 0.4) is 0 Å². The molecule has 0 saturated carbocycles. The number of hydrogen-bond acceptors (Lipinski definition) is 4. The van der Waals surface area contributed by atoms with Crippen molar-refractivity contribution in [1.29, 1.82) is 0 Å². The Hall–Kier alpha value is -2.45. The third kappa shape index (κ3) is 3.86. The van der Waals surface area contributed by atoms with E-state index >= 15 is 0 Å². The third-order valence-corrected chi connectivity index (χ3v) is 5.65. The number of amides is 2. The molecule has 1 aliphatic rings. The first-order valence-corrected chi connectivity index (χ1v) is 9.40. The third-order valence-electron chi connectivity index (χ3n) is 4.53. The van der Waals surface area contributed by atoms with Gasteiger partial charge in [-0.05, 0) is 29.7 Å². The average molecular weight is 373 g/mol. The summed E-state index contributed by atoms with van der Waals surface area (Å²) in [6.45, 7) is 4.30. The van der Waals surface area contributed by atoms with E-state index in [-0.39, 0.29) is 11.8 Å². The smallest absolute Gasteiger partial charge is 0.317 e. The minimum Gasteiger partial charge on any atom is -0.348 e. The Morgan fingerprint density at radius 2 is 2.12 bits per heavy atom. The van der Waals surface area contributed by atoms with Gasteiger partial charge in [0.25, 0.3) is 0 Å². The molecule has 0 radical (unpaired) electrons. The number of rotatable bonds is 4. The molecule has 2 amide bonds. The summed E-state index contributed by atoms with van der Waals surface area (Å²) in [4.78, 5) is 24.9. The van der Waals surface area contributed by atoms with E-state index in [9.17, 15) is 9.18 Å². The quantitative estimate of drug-likeness (QED) is 0.739. The summed E-state index contributed by atoms with van der Waals surface area (Å²) in [6.07, 6.45) is 3.57. The minimum atomic E-state index is -0.238. The monoisotopic (exact) mass is 373 g/mol. The lowest BCUT2D eigenvalue weighted by atomic mass is 10.2. The molecule has 4 rings (SSSR count). The fraction of sp³-hybridized carbons (Fsp3) is 0.333. The molecule has 0 aliphatic carbocycles. The topological polar surface area (TPSA) is 64.3 Å². The number of halogens is 1. The maximum atomic E-state index is 13.3. The molecular formula is C18H20FN5OS. The molecule has 2 aromatic heterocycles. The van der Waals surface area contributed by atoms with Crippen LogP contribution >= 0.6 is 11.3 Å². The van der Waals surface area contributed by atoms with Gasteiger partial charge in [0.1, 0.15) is 11.6 Å². The second kappa shape index (κ2) is 7.43. The maximum absolute atomic E-state index is 13.3. The van der Waals surface area contributed by atoms with Crippen molar-refractivity contribution < 1.29 is 9.18 Å². The molecule has 0 spiro atoms. The molecule has 1 saturated heterocycles. The van der Waals surface area contributed by atoms with Crippen molar-refractivity contribution in [1.82, 2.24) is 25.1 Å². The molecule has 3 heterocycles. The Kier molecular flexibility index (Phi) is 4.85. The highest BCUT2D eigenvalue weighted by molar-refractivity contribution is 7.19. The summed E-state index contributed by atoms with van der Waals surface area (Å²) in [5, 5.41) is 3.85. The number of H-pyrrole nitrogens is 1. The van der Waals surface area contributed by atoms with E-state index in [4.69, 9.17) is 0 Å². The predicted molar refractivity (Wildman–Crippen MR) is 99.5 cm³/mol. The average Bonchev–Trinajstić information content (AvgIpc) is 3.29. The largest absolute Gasteiger partial charge is 0.348 e. The van der Waals surface area contributed by atoms with Crippen molar-refractivity contribution in [3.63, 3.8) is 0 Å². The summed E-state index contributed by atoms with van der Waals surface area (Å²) in [5.41, 5.74) is 0. The number of hydrogen-bond donors (Lipinski definition) is 2. The number of aromatic amines is 1. The summed E-state index contributed by atoms with van der Waals surface area (Å²) >= 11 is 1.58. The van der Waals surface area contributed by atoms with E-state index in [2.05, 4.69) is 20.2 Å². The molecule has 0 atom stereocenters. The number of benzene rings is 1. The van der Waals surface area contributed by atoms with Crippen LogP contribution in [-0.2, 0) is 13.1 Å². The fourth-order valence-corrected chi connectivity index (χ4v) is 4.12. The lowest BCUT2D eigenvalue weighted by molar-refractivity contribution is 0.133. The Balaban J connectivity index is 1.27. The van der Waals surface area contributed by atoms with Gasteiger partial charge in [-0.15, -0.1) is 11.3 Å². The molecule has 6 nitrogen and oxygen atoms in total. The zero-order valence-electron chi connectivity index (χ0n) is 14.2. The first kappa shape index (κ1) is 17.0. The number of aromatic nitrogens is 2. The number of carbonyl (C=O) groups is 1. The van der Waals surface area contributed by atoms with Crippen LogP contribution in [-0.4, -0.2) is 52.0 Å². The molecule has 2 N–H and O–H groups in total.